The van der Waals surface area contributed by atoms with Crippen LogP contribution in [-0.4, -0.2) is 17.6 Å². The molecule has 1 saturated carbocycles. The van der Waals surface area contributed by atoms with Gasteiger partial charge in [0, 0.05) is 6.54 Å². The van der Waals surface area contributed by atoms with Crippen LogP contribution in [0.3, 0.4) is 0 Å². The first kappa shape index (κ1) is 11.9. The Hall–Kier alpha value is -1.58. The van der Waals surface area contributed by atoms with Gasteiger partial charge in [0.2, 0.25) is 0 Å². The van der Waals surface area contributed by atoms with Crippen LogP contribution in [0.2, 0.25) is 0 Å². The van der Waals surface area contributed by atoms with Crippen LogP contribution in [0.4, 0.5) is 10.1 Å². The summed E-state index contributed by atoms with van der Waals surface area (Å²) in [4.78, 5) is 10.6. The average Bonchev–Trinajstić information content (AvgIpc) is 3.09. The van der Waals surface area contributed by atoms with Crippen molar-refractivity contribution in [2.24, 2.45) is 5.92 Å². The van der Waals surface area contributed by atoms with E-state index in [-0.39, 0.29) is 5.56 Å². The fourth-order valence-electron chi connectivity index (χ4n) is 1.81. The van der Waals surface area contributed by atoms with E-state index in [0.29, 0.717) is 5.69 Å². The van der Waals surface area contributed by atoms with E-state index in [4.69, 9.17) is 5.11 Å². The summed E-state index contributed by atoms with van der Waals surface area (Å²) >= 11 is 0. The summed E-state index contributed by atoms with van der Waals surface area (Å²) in [5, 5.41) is 11.7. The molecule has 1 aromatic rings. The molecule has 4 heteroatoms. The van der Waals surface area contributed by atoms with Gasteiger partial charge in [-0.3, -0.25) is 0 Å². The minimum atomic E-state index is -1.11. The molecule has 0 unspecified atom stereocenters. The summed E-state index contributed by atoms with van der Waals surface area (Å²) in [6.07, 6.45) is 4.90. The highest BCUT2D eigenvalue weighted by Gasteiger charge is 2.20. The molecule has 0 atom stereocenters. The third-order valence-corrected chi connectivity index (χ3v) is 3.02. The van der Waals surface area contributed by atoms with Crippen LogP contribution in [0.1, 0.15) is 36.0 Å². The average molecular weight is 237 g/mol. The third-order valence-electron chi connectivity index (χ3n) is 3.02. The number of carboxylic acid groups (broad SMARTS) is 1. The highest BCUT2D eigenvalue weighted by Crippen LogP contribution is 2.33. The Labute approximate surface area is 99.7 Å². The lowest BCUT2D eigenvalue weighted by Gasteiger charge is -2.07. The van der Waals surface area contributed by atoms with Crippen LogP contribution >= 0.6 is 0 Å². The number of rotatable bonds is 6. The molecule has 1 aromatic carbocycles. The molecule has 17 heavy (non-hydrogen) atoms. The summed E-state index contributed by atoms with van der Waals surface area (Å²) in [7, 11) is 0. The lowest BCUT2D eigenvalue weighted by Crippen LogP contribution is -2.05. The molecule has 1 aliphatic carbocycles. The number of nitrogens with one attached hydrogen (secondary N) is 1. The van der Waals surface area contributed by atoms with E-state index in [0.717, 1.165) is 24.9 Å². The van der Waals surface area contributed by atoms with Gasteiger partial charge in [-0.25, -0.2) is 9.18 Å². The maximum Gasteiger partial charge on any atom is 0.335 e. The number of benzene rings is 1. The Morgan fingerprint density at radius 1 is 1.47 bits per heavy atom. The van der Waals surface area contributed by atoms with Gasteiger partial charge in [-0.05, 0) is 37.0 Å². The summed E-state index contributed by atoms with van der Waals surface area (Å²) in [6.45, 7) is 0.736. The van der Waals surface area contributed by atoms with Gasteiger partial charge in [0.1, 0.15) is 5.82 Å². The maximum atomic E-state index is 13.5. The van der Waals surface area contributed by atoms with Crippen molar-refractivity contribution in [3.8, 4) is 0 Å². The molecular weight excluding hydrogens is 221 g/mol. The summed E-state index contributed by atoms with van der Waals surface area (Å²) in [6, 6.07) is 3.94. The Morgan fingerprint density at radius 2 is 2.24 bits per heavy atom. The van der Waals surface area contributed by atoms with Gasteiger partial charge in [0.05, 0.1) is 11.3 Å². The van der Waals surface area contributed by atoms with E-state index < -0.39 is 11.8 Å². The van der Waals surface area contributed by atoms with Gasteiger partial charge in [-0.15, -0.1) is 0 Å². The van der Waals surface area contributed by atoms with Gasteiger partial charge in [-0.1, -0.05) is 12.8 Å². The maximum absolute atomic E-state index is 13.5. The molecule has 0 radical (unpaired) electrons. The molecule has 0 spiro atoms. The molecular formula is C13H16FNO2. The fraction of sp³-hybridized carbons (Fsp3) is 0.462. The summed E-state index contributed by atoms with van der Waals surface area (Å²) < 4.78 is 13.5. The molecule has 2 rings (SSSR count). The Kier molecular flexibility index (Phi) is 3.61. The Bertz CT molecular complexity index is 416. The zero-order valence-corrected chi connectivity index (χ0v) is 9.58. The summed E-state index contributed by atoms with van der Waals surface area (Å²) in [5.74, 6) is -0.725. The van der Waals surface area contributed by atoms with E-state index in [2.05, 4.69) is 5.32 Å². The van der Waals surface area contributed by atoms with Crippen LogP contribution in [0.5, 0.6) is 0 Å². The smallest absolute Gasteiger partial charge is 0.335 e. The zero-order chi connectivity index (χ0) is 12.3. The quantitative estimate of drug-likeness (QED) is 0.747. The van der Waals surface area contributed by atoms with Gasteiger partial charge >= 0.3 is 5.97 Å². The molecule has 0 heterocycles. The zero-order valence-electron chi connectivity index (χ0n) is 9.58. The van der Waals surface area contributed by atoms with Crippen molar-refractivity contribution >= 4 is 11.7 Å². The monoisotopic (exact) mass is 237 g/mol. The predicted molar refractivity (Wildman–Crippen MR) is 63.8 cm³/mol. The van der Waals surface area contributed by atoms with Gasteiger partial charge < -0.3 is 10.4 Å². The molecule has 2 N–H and O–H groups in total. The molecule has 0 saturated heterocycles. The van der Waals surface area contributed by atoms with Crippen LogP contribution in [0.25, 0.3) is 0 Å². The number of carboxylic acids is 1. The van der Waals surface area contributed by atoms with Crippen LogP contribution < -0.4 is 5.32 Å². The highest BCUT2D eigenvalue weighted by atomic mass is 19.1. The van der Waals surface area contributed by atoms with Crippen LogP contribution in [0, 0.1) is 11.7 Å². The largest absolute Gasteiger partial charge is 0.478 e. The standard InChI is InChI=1S/C13H16FNO2/c14-11-8-10(13(16)17)5-6-12(11)15-7-1-2-9-3-4-9/h5-6,8-9,15H,1-4,7H2,(H,16,17). The second-order valence-electron chi connectivity index (χ2n) is 4.51. The lowest BCUT2D eigenvalue weighted by molar-refractivity contribution is 0.0696. The van der Waals surface area contributed by atoms with Crippen molar-refractivity contribution in [3.63, 3.8) is 0 Å². The second kappa shape index (κ2) is 5.17. The van der Waals surface area contributed by atoms with E-state index in [1.54, 1.807) is 0 Å². The number of hydrogen-bond donors (Lipinski definition) is 2. The molecule has 0 amide bonds. The molecule has 1 fully saturated rings. The van der Waals surface area contributed by atoms with Crippen molar-refractivity contribution in [2.75, 3.05) is 11.9 Å². The molecule has 0 aromatic heterocycles. The molecule has 1 aliphatic rings. The first-order valence-electron chi connectivity index (χ1n) is 5.93. The predicted octanol–water partition coefficient (Wildman–Crippen LogP) is 3.13. The third kappa shape index (κ3) is 3.44. The molecule has 92 valence electrons. The molecule has 0 bridgehead atoms. The number of halogens is 1. The second-order valence-corrected chi connectivity index (χ2v) is 4.51. The van der Waals surface area contributed by atoms with Gasteiger partial charge in [0.15, 0.2) is 0 Å². The van der Waals surface area contributed by atoms with Crippen LogP contribution in [-0.2, 0) is 0 Å². The van der Waals surface area contributed by atoms with Crippen molar-refractivity contribution in [3.05, 3.63) is 29.6 Å². The van der Waals surface area contributed by atoms with Crippen LogP contribution in [0.15, 0.2) is 18.2 Å². The minimum absolute atomic E-state index is 0.0222. The van der Waals surface area contributed by atoms with E-state index in [1.807, 2.05) is 0 Å². The number of aromatic carboxylic acids is 1. The van der Waals surface area contributed by atoms with Crippen molar-refractivity contribution < 1.29 is 14.3 Å². The Morgan fingerprint density at radius 3 is 2.82 bits per heavy atom. The van der Waals surface area contributed by atoms with Crippen molar-refractivity contribution in [1.29, 1.82) is 0 Å². The van der Waals surface area contributed by atoms with Gasteiger partial charge in [0.25, 0.3) is 0 Å². The minimum Gasteiger partial charge on any atom is -0.478 e. The first-order valence-corrected chi connectivity index (χ1v) is 5.93. The summed E-state index contributed by atoms with van der Waals surface area (Å²) in [5.41, 5.74) is 0.358. The Balaban J connectivity index is 1.84. The number of anilines is 1. The normalized spacial score (nSPS) is 14.6. The van der Waals surface area contributed by atoms with E-state index >= 15 is 0 Å². The van der Waals surface area contributed by atoms with Crippen molar-refractivity contribution in [2.45, 2.75) is 25.7 Å². The first-order chi connectivity index (χ1) is 8.16. The molecule has 0 aliphatic heterocycles. The number of hydrogen-bond acceptors (Lipinski definition) is 2. The highest BCUT2D eigenvalue weighted by molar-refractivity contribution is 5.88. The SMILES string of the molecule is O=C(O)c1ccc(NCCCC2CC2)c(F)c1. The van der Waals surface area contributed by atoms with Crippen molar-refractivity contribution in [1.82, 2.24) is 0 Å². The molecule has 3 nitrogen and oxygen atoms in total. The van der Waals surface area contributed by atoms with E-state index in [1.165, 1.54) is 31.4 Å². The fourth-order valence-corrected chi connectivity index (χ4v) is 1.81. The topological polar surface area (TPSA) is 49.3 Å². The van der Waals surface area contributed by atoms with E-state index in [9.17, 15) is 9.18 Å². The number of carbonyl (C=O) groups is 1. The van der Waals surface area contributed by atoms with Gasteiger partial charge in [-0.2, -0.15) is 0 Å². The lowest BCUT2D eigenvalue weighted by atomic mass is 10.2.